The van der Waals surface area contributed by atoms with E-state index in [1.807, 2.05) is 66.7 Å². The lowest BCUT2D eigenvalue weighted by Gasteiger charge is -2.10. The van der Waals surface area contributed by atoms with Gasteiger partial charge in [-0.25, -0.2) is 13.8 Å². The Hall–Kier alpha value is -3.33. The lowest BCUT2D eigenvalue weighted by molar-refractivity contribution is 0.589. The SMILES string of the molecule is Fc1cc(-c2ccccc2)cc(F)c1-c1cccc(-c2ccccc2)n1. The van der Waals surface area contributed by atoms with Gasteiger partial charge in [-0.15, -0.1) is 0 Å². The Morgan fingerprint density at radius 3 is 1.65 bits per heavy atom. The standard InChI is InChI=1S/C23H15F2N/c24-19-14-18(16-8-3-1-4-9-16)15-20(25)23(19)22-13-7-12-21(26-22)17-10-5-2-6-11-17/h1-15H. The van der Waals surface area contributed by atoms with Crippen molar-refractivity contribution in [2.75, 3.05) is 0 Å². The van der Waals surface area contributed by atoms with Gasteiger partial charge in [-0.1, -0.05) is 66.7 Å². The summed E-state index contributed by atoms with van der Waals surface area (Å²) in [6.45, 7) is 0. The van der Waals surface area contributed by atoms with E-state index in [0.29, 0.717) is 11.3 Å². The van der Waals surface area contributed by atoms with E-state index in [1.165, 1.54) is 12.1 Å². The molecule has 0 radical (unpaired) electrons. The summed E-state index contributed by atoms with van der Waals surface area (Å²) in [5.74, 6) is -1.25. The van der Waals surface area contributed by atoms with Gasteiger partial charge in [0.2, 0.25) is 0 Å². The molecule has 0 saturated carbocycles. The maximum atomic E-state index is 14.7. The summed E-state index contributed by atoms with van der Waals surface area (Å²) in [6, 6.07) is 26.6. The van der Waals surface area contributed by atoms with Gasteiger partial charge in [0.15, 0.2) is 0 Å². The molecule has 3 aromatic carbocycles. The van der Waals surface area contributed by atoms with Crippen molar-refractivity contribution in [3.8, 4) is 33.6 Å². The predicted octanol–water partition coefficient (Wildman–Crippen LogP) is 6.36. The molecule has 26 heavy (non-hydrogen) atoms. The van der Waals surface area contributed by atoms with E-state index in [-0.39, 0.29) is 11.3 Å². The van der Waals surface area contributed by atoms with Crippen LogP contribution in [0, 0.1) is 11.6 Å². The molecule has 126 valence electrons. The number of nitrogens with zero attached hydrogens (tertiary/aromatic N) is 1. The molecular formula is C23H15F2N. The van der Waals surface area contributed by atoms with Gasteiger partial charge in [-0.05, 0) is 35.4 Å². The molecule has 0 aliphatic heterocycles. The first-order valence-electron chi connectivity index (χ1n) is 8.30. The Labute approximate surface area is 150 Å². The van der Waals surface area contributed by atoms with Crippen molar-refractivity contribution in [2.45, 2.75) is 0 Å². The van der Waals surface area contributed by atoms with Crippen molar-refractivity contribution in [1.29, 1.82) is 0 Å². The zero-order chi connectivity index (χ0) is 17.9. The first-order valence-corrected chi connectivity index (χ1v) is 8.30. The van der Waals surface area contributed by atoms with Crippen LogP contribution in [0.1, 0.15) is 0 Å². The third-order valence-electron chi connectivity index (χ3n) is 4.22. The average molecular weight is 343 g/mol. The number of hydrogen-bond donors (Lipinski definition) is 0. The Morgan fingerprint density at radius 2 is 1.04 bits per heavy atom. The minimum atomic E-state index is -0.624. The van der Waals surface area contributed by atoms with Crippen molar-refractivity contribution in [2.24, 2.45) is 0 Å². The quantitative estimate of drug-likeness (QED) is 0.422. The molecule has 0 bridgehead atoms. The second-order valence-corrected chi connectivity index (χ2v) is 5.96. The molecule has 4 rings (SSSR count). The highest BCUT2D eigenvalue weighted by molar-refractivity contribution is 5.71. The van der Waals surface area contributed by atoms with Gasteiger partial charge in [0, 0.05) is 5.56 Å². The smallest absolute Gasteiger partial charge is 0.136 e. The molecule has 0 aliphatic carbocycles. The van der Waals surface area contributed by atoms with Gasteiger partial charge in [-0.2, -0.15) is 0 Å². The Balaban J connectivity index is 1.79. The lowest BCUT2D eigenvalue weighted by atomic mass is 10.0. The minimum Gasteiger partial charge on any atom is -0.248 e. The first kappa shape index (κ1) is 16.2. The molecule has 3 heteroatoms. The zero-order valence-corrected chi connectivity index (χ0v) is 13.9. The average Bonchev–Trinajstić information content (AvgIpc) is 2.69. The van der Waals surface area contributed by atoms with Gasteiger partial charge in [0.05, 0.1) is 17.0 Å². The van der Waals surface area contributed by atoms with Gasteiger partial charge in [0.25, 0.3) is 0 Å². The van der Waals surface area contributed by atoms with E-state index in [1.54, 1.807) is 12.1 Å². The largest absolute Gasteiger partial charge is 0.248 e. The van der Waals surface area contributed by atoms with E-state index in [9.17, 15) is 8.78 Å². The van der Waals surface area contributed by atoms with Crippen molar-refractivity contribution in [3.63, 3.8) is 0 Å². The van der Waals surface area contributed by atoms with Crippen LogP contribution in [-0.4, -0.2) is 4.98 Å². The number of halogens is 2. The molecule has 1 aromatic heterocycles. The van der Waals surface area contributed by atoms with E-state index >= 15 is 0 Å². The molecular weight excluding hydrogens is 328 g/mol. The summed E-state index contributed by atoms with van der Waals surface area (Å²) in [4.78, 5) is 4.46. The monoisotopic (exact) mass is 343 g/mol. The highest BCUT2D eigenvalue weighted by atomic mass is 19.1. The fourth-order valence-corrected chi connectivity index (χ4v) is 2.96. The molecule has 0 fully saturated rings. The summed E-state index contributed by atoms with van der Waals surface area (Å²) >= 11 is 0. The maximum absolute atomic E-state index is 14.7. The maximum Gasteiger partial charge on any atom is 0.136 e. The topological polar surface area (TPSA) is 12.9 Å². The molecule has 1 heterocycles. The minimum absolute atomic E-state index is 0.109. The molecule has 4 aromatic rings. The Morgan fingerprint density at radius 1 is 0.500 bits per heavy atom. The molecule has 0 spiro atoms. The van der Waals surface area contributed by atoms with Crippen LogP contribution in [0.25, 0.3) is 33.6 Å². The van der Waals surface area contributed by atoms with Crippen LogP contribution in [0.4, 0.5) is 8.78 Å². The summed E-state index contributed by atoms with van der Waals surface area (Å²) in [7, 11) is 0. The van der Waals surface area contributed by atoms with Crippen LogP contribution >= 0.6 is 0 Å². The van der Waals surface area contributed by atoms with Crippen molar-refractivity contribution >= 4 is 0 Å². The number of aromatic nitrogens is 1. The Kier molecular flexibility index (Phi) is 4.28. The third-order valence-corrected chi connectivity index (χ3v) is 4.22. The zero-order valence-electron chi connectivity index (χ0n) is 13.9. The van der Waals surface area contributed by atoms with Crippen LogP contribution in [0.15, 0.2) is 91.0 Å². The molecule has 1 nitrogen and oxygen atoms in total. The normalized spacial score (nSPS) is 10.7. The third kappa shape index (κ3) is 3.11. The van der Waals surface area contributed by atoms with E-state index < -0.39 is 11.6 Å². The van der Waals surface area contributed by atoms with Crippen molar-refractivity contribution < 1.29 is 8.78 Å². The van der Waals surface area contributed by atoms with Crippen LogP contribution in [0.2, 0.25) is 0 Å². The fourth-order valence-electron chi connectivity index (χ4n) is 2.96. The summed E-state index contributed by atoms with van der Waals surface area (Å²) in [5, 5.41) is 0. The second-order valence-electron chi connectivity index (χ2n) is 5.96. The molecule has 0 atom stereocenters. The number of hydrogen-bond acceptors (Lipinski definition) is 1. The molecule has 0 amide bonds. The van der Waals surface area contributed by atoms with Gasteiger partial charge in [-0.3, -0.25) is 0 Å². The highest BCUT2D eigenvalue weighted by Crippen LogP contribution is 2.31. The van der Waals surface area contributed by atoms with E-state index in [2.05, 4.69) is 4.98 Å². The number of pyridine rings is 1. The fraction of sp³-hybridized carbons (Fsp3) is 0. The second kappa shape index (κ2) is 6.89. The van der Waals surface area contributed by atoms with Crippen LogP contribution in [0.5, 0.6) is 0 Å². The number of rotatable bonds is 3. The number of benzene rings is 3. The summed E-state index contributed by atoms with van der Waals surface area (Å²) < 4.78 is 29.5. The van der Waals surface area contributed by atoms with E-state index in [4.69, 9.17) is 0 Å². The van der Waals surface area contributed by atoms with Crippen LogP contribution < -0.4 is 0 Å². The Bertz CT molecular complexity index is 1020. The molecule has 0 saturated heterocycles. The van der Waals surface area contributed by atoms with Gasteiger partial charge in [0.1, 0.15) is 11.6 Å². The van der Waals surface area contributed by atoms with Crippen LogP contribution in [0.3, 0.4) is 0 Å². The van der Waals surface area contributed by atoms with E-state index in [0.717, 1.165) is 11.1 Å². The van der Waals surface area contributed by atoms with Crippen LogP contribution in [-0.2, 0) is 0 Å². The molecule has 0 unspecified atom stereocenters. The lowest BCUT2D eigenvalue weighted by Crippen LogP contribution is -1.95. The highest BCUT2D eigenvalue weighted by Gasteiger charge is 2.16. The molecule has 0 aliphatic rings. The summed E-state index contributed by atoms with van der Waals surface area (Å²) in [6.07, 6.45) is 0. The van der Waals surface area contributed by atoms with Crippen molar-refractivity contribution in [3.05, 3.63) is 103 Å². The van der Waals surface area contributed by atoms with Gasteiger partial charge >= 0.3 is 0 Å². The first-order chi connectivity index (χ1) is 12.7. The molecule has 0 N–H and O–H groups in total. The predicted molar refractivity (Wildman–Crippen MR) is 100 cm³/mol. The van der Waals surface area contributed by atoms with Gasteiger partial charge < -0.3 is 0 Å². The van der Waals surface area contributed by atoms with Crippen molar-refractivity contribution in [1.82, 2.24) is 4.98 Å². The summed E-state index contributed by atoms with van der Waals surface area (Å²) in [5.41, 5.74) is 3.01.